The number of pyridine rings is 1. The second-order valence-corrected chi connectivity index (χ2v) is 10.9. The van der Waals surface area contributed by atoms with Crippen molar-refractivity contribution < 1.29 is 19.1 Å². The highest BCUT2D eigenvalue weighted by Gasteiger charge is 2.32. The third-order valence-corrected chi connectivity index (χ3v) is 8.63. The van der Waals surface area contributed by atoms with Crippen molar-refractivity contribution in [2.24, 2.45) is 0 Å². The van der Waals surface area contributed by atoms with Crippen molar-refractivity contribution in [1.29, 1.82) is 5.26 Å². The van der Waals surface area contributed by atoms with Gasteiger partial charge in [0.05, 0.1) is 48.8 Å². The molecule has 38 heavy (non-hydrogen) atoms. The Hall–Kier alpha value is -2.91. The minimum Gasteiger partial charge on any atom is -0.381 e. The van der Waals surface area contributed by atoms with Gasteiger partial charge in [0.15, 0.2) is 0 Å². The first-order valence-electron chi connectivity index (χ1n) is 13.1. The number of benzene rings is 1. The molecule has 10 nitrogen and oxygen atoms in total. The summed E-state index contributed by atoms with van der Waals surface area (Å²) in [6.07, 6.45) is 2.23. The largest absolute Gasteiger partial charge is 0.381 e. The lowest BCUT2D eigenvalue weighted by molar-refractivity contribution is -0.129. The summed E-state index contributed by atoms with van der Waals surface area (Å²) >= 11 is 1.54. The Morgan fingerprint density at radius 3 is 2.87 bits per heavy atom. The highest BCUT2D eigenvalue weighted by Crippen LogP contribution is 2.28. The van der Waals surface area contributed by atoms with E-state index in [4.69, 9.17) is 14.5 Å². The number of aromatic nitrogens is 1. The van der Waals surface area contributed by atoms with E-state index in [1.165, 1.54) is 4.90 Å². The summed E-state index contributed by atoms with van der Waals surface area (Å²) in [5.74, 6) is 1.21. The Labute approximate surface area is 227 Å². The molecule has 202 valence electrons. The van der Waals surface area contributed by atoms with E-state index in [1.807, 2.05) is 31.2 Å². The molecule has 11 heteroatoms. The van der Waals surface area contributed by atoms with Gasteiger partial charge >= 0.3 is 0 Å². The van der Waals surface area contributed by atoms with Gasteiger partial charge in [-0.05, 0) is 31.4 Å². The predicted octanol–water partition coefficient (Wildman–Crippen LogP) is 1.97. The van der Waals surface area contributed by atoms with Crippen LogP contribution < -0.4 is 10.2 Å². The molecule has 2 atom stereocenters. The zero-order valence-electron chi connectivity index (χ0n) is 21.9. The van der Waals surface area contributed by atoms with Crippen molar-refractivity contribution >= 4 is 40.3 Å². The average Bonchev–Trinajstić information content (AvgIpc) is 3.45. The minimum atomic E-state index is -0.449. The number of rotatable bonds is 6. The quantitative estimate of drug-likeness (QED) is 0.590. The smallest absolute Gasteiger partial charge is 0.252 e. The summed E-state index contributed by atoms with van der Waals surface area (Å²) in [6.45, 7) is 5.59. The molecule has 1 aromatic heterocycles. The molecule has 3 aliphatic heterocycles. The first-order chi connectivity index (χ1) is 18.5. The molecule has 3 aliphatic rings. The number of methoxy groups -OCH3 is 1. The molecule has 2 amide bonds. The lowest BCUT2D eigenvalue weighted by Gasteiger charge is -2.42. The number of ether oxygens (including phenoxy) is 2. The van der Waals surface area contributed by atoms with Gasteiger partial charge in [-0.1, -0.05) is 18.2 Å². The second-order valence-electron chi connectivity index (χ2n) is 9.93. The van der Waals surface area contributed by atoms with Crippen LogP contribution in [0.5, 0.6) is 0 Å². The number of anilines is 1. The Kier molecular flexibility index (Phi) is 8.33. The van der Waals surface area contributed by atoms with Crippen LogP contribution in [0.25, 0.3) is 10.9 Å². The molecule has 0 spiro atoms. The molecule has 1 aromatic carbocycles. The number of nitrogens with one attached hydrogen (secondary N) is 1. The third kappa shape index (κ3) is 5.59. The fraction of sp³-hybridized carbons (Fsp3) is 0.556. The van der Waals surface area contributed by atoms with Crippen LogP contribution in [0.3, 0.4) is 0 Å². The van der Waals surface area contributed by atoms with Gasteiger partial charge in [-0.25, -0.2) is 4.98 Å². The Balaban J connectivity index is 1.35. The van der Waals surface area contributed by atoms with Gasteiger partial charge in [0.1, 0.15) is 18.1 Å². The van der Waals surface area contributed by atoms with Gasteiger partial charge in [-0.2, -0.15) is 5.26 Å². The Morgan fingerprint density at radius 2 is 2.11 bits per heavy atom. The fourth-order valence-electron chi connectivity index (χ4n) is 5.34. The molecule has 1 N–H and O–H groups in total. The topological polar surface area (TPSA) is 111 Å². The zero-order chi connectivity index (χ0) is 26.6. The predicted molar refractivity (Wildman–Crippen MR) is 146 cm³/mol. The van der Waals surface area contributed by atoms with E-state index in [2.05, 4.69) is 21.2 Å². The standard InChI is InChI=1S/C27H34N6O4S/c1-18-4-3-5-21-22(27(35)29-14-24(34)33-17-38-16-19(33)13-28)12-23(30-26(18)21)32-10-11-37-25(15-32)31-8-6-20(36-2)7-9-31/h3-5,12,19-20,25H,6-11,14-17H2,1-2H3,(H,29,35). The number of para-hydroxylation sites is 1. The van der Waals surface area contributed by atoms with Crippen molar-refractivity contribution in [3.05, 3.63) is 35.4 Å². The summed E-state index contributed by atoms with van der Waals surface area (Å²) in [7, 11) is 1.77. The second kappa shape index (κ2) is 11.9. The summed E-state index contributed by atoms with van der Waals surface area (Å²) in [4.78, 5) is 37.1. The van der Waals surface area contributed by atoms with Crippen LogP contribution in [0, 0.1) is 18.3 Å². The van der Waals surface area contributed by atoms with Crippen LogP contribution in [0.4, 0.5) is 5.82 Å². The molecule has 0 bridgehead atoms. The van der Waals surface area contributed by atoms with E-state index < -0.39 is 6.04 Å². The number of morpholine rings is 1. The molecule has 2 unspecified atom stereocenters. The van der Waals surface area contributed by atoms with Crippen LogP contribution in [-0.4, -0.2) is 103 Å². The van der Waals surface area contributed by atoms with Crippen molar-refractivity contribution in [3.63, 3.8) is 0 Å². The molecule has 3 saturated heterocycles. The molecular formula is C27H34N6O4S. The maximum Gasteiger partial charge on any atom is 0.252 e. The van der Waals surface area contributed by atoms with Crippen LogP contribution in [0.1, 0.15) is 28.8 Å². The first kappa shape index (κ1) is 26.7. The summed E-state index contributed by atoms with van der Waals surface area (Å²) in [5.41, 5.74) is 2.23. The van der Waals surface area contributed by atoms with Crippen molar-refractivity contribution in [2.75, 3.05) is 63.0 Å². The number of carbonyl (C=O) groups excluding carboxylic acids is 2. The maximum absolute atomic E-state index is 13.4. The number of nitrogens with zero attached hydrogens (tertiary/aromatic N) is 5. The van der Waals surface area contributed by atoms with E-state index >= 15 is 0 Å². The molecule has 0 aliphatic carbocycles. The van der Waals surface area contributed by atoms with Gasteiger partial charge in [0.25, 0.3) is 5.91 Å². The summed E-state index contributed by atoms with van der Waals surface area (Å²) < 4.78 is 11.6. The van der Waals surface area contributed by atoms with Crippen LogP contribution in [0.15, 0.2) is 24.3 Å². The fourth-order valence-corrected chi connectivity index (χ4v) is 6.44. The number of hydrogen-bond donors (Lipinski definition) is 1. The SMILES string of the molecule is COC1CCN(C2CN(c3cc(C(=O)NCC(=O)N4CSCC4C#N)c4cccc(C)c4n3)CCO2)CC1. The molecule has 2 aromatic rings. The number of thioether (sulfide) groups is 1. The number of hydrogen-bond acceptors (Lipinski definition) is 9. The third-order valence-electron chi connectivity index (χ3n) is 7.61. The highest BCUT2D eigenvalue weighted by molar-refractivity contribution is 7.99. The maximum atomic E-state index is 13.4. The zero-order valence-corrected chi connectivity index (χ0v) is 22.7. The summed E-state index contributed by atoms with van der Waals surface area (Å²) in [6, 6.07) is 9.32. The lowest BCUT2D eigenvalue weighted by Crippen LogP contribution is -2.54. The van der Waals surface area contributed by atoms with E-state index in [0.29, 0.717) is 43.0 Å². The molecular weight excluding hydrogens is 504 g/mol. The van der Waals surface area contributed by atoms with Crippen molar-refractivity contribution in [1.82, 2.24) is 20.1 Å². The first-order valence-corrected chi connectivity index (χ1v) is 14.2. The number of likely N-dealkylation sites (tertiary alicyclic amines) is 1. The minimum absolute atomic E-state index is 0.0442. The normalized spacial score (nSPS) is 23.0. The van der Waals surface area contributed by atoms with Gasteiger partial charge in [-0.3, -0.25) is 14.5 Å². The van der Waals surface area contributed by atoms with Gasteiger partial charge in [0.2, 0.25) is 5.91 Å². The molecule has 0 saturated carbocycles. The molecule has 4 heterocycles. The number of fused-ring (bicyclic) bond motifs is 1. The molecule has 5 rings (SSSR count). The Morgan fingerprint density at radius 1 is 1.29 bits per heavy atom. The number of nitriles is 1. The molecule has 0 radical (unpaired) electrons. The monoisotopic (exact) mass is 538 g/mol. The number of aryl methyl sites for hydroxylation is 1. The van der Waals surface area contributed by atoms with Crippen molar-refractivity contribution in [3.8, 4) is 6.07 Å². The average molecular weight is 539 g/mol. The Bertz CT molecular complexity index is 1230. The molecule has 3 fully saturated rings. The van der Waals surface area contributed by atoms with Gasteiger partial charge < -0.3 is 24.6 Å². The lowest BCUT2D eigenvalue weighted by atomic mass is 10.0. The van der Waals surface area contributed by atoms with Crippen molar-refractivity contribution in [2.45, 2.75) is 38.1 Å². The van der Waals surface area contributed by atoms with Gasteiger partial charge in [-0.15, -0.1) is 11.8 Å². The number of amides is 2. The van der Waals surface area contributed by atoms with Crippen LogP contribution in [0.2, 0.25) is 0 Å². The highest BCUT2D eigenvalue weighted by atomic mass is 32.2. The van der Waals surface area contributed by atoms with E-state index in [9.17, 15) is 14.9 Å². The van der Waals surface area contributed by atoms with E-state index in [0.717, 1.165) is 48.2 Å². The number of piperidine rings is 1. The number of carbonyl (C=O) groups is 2. The van der Waals surface area contributed by atoms with E-state index in [1.54, 1.807) is 18.9 Å². The van der Waals surface area contributed by atoms with E-state index in [-0.39, 0.29) is 24.6 Å². The van der Waals surface area contributed by atoms with Crippen LogP contribution in [-0.2, 0) is 14.3 Å². The van der Waals surface area contributed by atoms with Crippen LogP contribution >= 0.6 is 11.8 Å². The van der Waals surface area contributed by atoms with Gasteiger partial charge in [0, 0.05) is 37.9 Å². The summed E-state index contributed by atoms with van der Waals surface area (Å²) in [5, 5.41) is 12.8.